The second kappa shape index (κ2) is 11.1. The second-order valence-electron chi connectivity index (χ2n) is 9.05. The summed E-state index contributed by atoms with van der Waals surface area (Å²) < 4.78 is 5.23. The lowest BCUT2D eigenvalue weighted by atomic mass is 10.1. The lowest BCUT2D eigenvalue weighted by molar-refractivity contribution is -0.141. The van der Waals surface area contributed by atoms with E-state index in [4.69, 9.17) is 4.74 Å². The van der Waals surface area contributed by atoms with Crippen molar-refractivity contribution in [2.45, 2.75) is 64.7 Å². The Kier molecular flexibility index (Phi) is 7.74. The average molecular weight is 477 g/mol. The zero-order valence-electron chi connectivity index (χ0n) is 20.5. The summed E-state index contributed by atoms with van der Waals surface area (Å²) in [7, 11) is 1.61. The standard InChI is InChI=1S/C26H32N6O3/c1-18-8-12-21(13-9-18)25-28-30-32(29-25)17-24(33)31(16-20-10-14-23(35-3)15-11-20)19(2)26(34)27-22-6-4-5-7-22/h8-15,19,22H,4-7,16-17H2,1-3H3,(H,27,34). The Morgan fingerprint density at radius 1 is 1.11 bits per heavy atom. The summed E-state index contributed by atoms with van der Waals surface area (Å²) in [4.78, 5) is 29.3. The van der Waals surface area contributed by atoms with Crippen LogP contribution in [0.15, 0.2) is 48.5 Å². The zero-order chi connectivity index (χ0) is 24.8. The molecule has 1 atom stereocenters. The van der Waals surface area contributed by atoms with Gasteiger partial charge < -0.3 is 15.0 Å². The maximum absolute atomic E-state index is 13.4. The van der Waals surface area contributed by atoms with Crippen molar-refractivity contribution in [2.24, 2.45) is 0 Å². The molecule has 184 valence electrons. The SMILES string of the molecule is COc1ccc(CN(C(=O)Cn2nnc(-c3ccc(C)cc3)n2)C(C)C(=O)NC2CCCC2)cc1. The molecule has 4 rings (SSSR count). The van der Waals surface area contributed by atoms with E-state index in [-0.39, 0.29) is 30.9 Å². The predicted molar refractivity (Wildman–Crippen MR) is 131 cm³/mol. The van der Waals surface area contributed by atoms with Gasteiger partial charge in [-0.05, 0) is 49.6 Å². The number of hydrogen-bond acceptors (Lipinski definition) is 6. The molecule has 0 saturated heterocycles. The number of methoxy groups -OCH3 is 1. The van der Waals surface area contributed by atoms with Gasteiger partial charge in [-0.1, -0.05) is 54.8 Å². The quantitative estimate of drug-likeness (QED) is 0.509. The zero-order valence-corrected chi connectivity index (χ0v) is 20.5. The smallest absolute Gasteiger partial charge is 0.247 e. The molecule has 2 aromatic carbocycles. The van der Waals surface area contributed by atoms with Crippen LogP contribution in [0.25, 0.3) is 11.4 Å². The number of hydrogen-bond donors (Lipinski definition) is 1. The van der Waals surface area contributed by atoms with Gasteiger partial charge in [-0.25, -0.2) is 0 Å². The Hall–Kier alpha value is -3.75. The maximum atomic E-state index is 13.4. The van der Waals surface area contributed by atoms with Crippen molar-refractivity contribution >= 4 is 11.8 Å². The number of carbonyl (C=O) groups is 2. The molecule has 0 radical (unpaired) electrons. The topological polar surface area (TPSA) is 102 Å². The normalized spacial score (nSPS) is 14.5. The fourth-order valence-corrected chi connectivity index (χ4v) is 4.24. The van der Waals surface area contributed by atoms with Gasteiger partial charge in [-0.2, -0.15) is 4.80 Å². The first-order valence-electron chi connectivity index (χ1n) is 12.0. The van der Waals surface area contributed by atoms with Gasteiger partial charge in [0, 0.05) is 18.2 Å². The molecule has 0 aliphatic heterocycles. The summed E-state index contributed by atoms with van der Waals surface area (Å²) in [6.45, 7) is 3.93. The van der Waals surface area contributed by atoms with Crippen LogP contribution in [-0.4, -0.2) is 56.1 Å². The molecule has 1 aliphatic carbocycles. The van der Waals surface area contributed by atoms with Crippen LogP contribution in [0, 0.1) is 6.92 Å². The molecular weight excluding hydrogens is 444 g/mol. The fraction of sp³-hybridized carbons (Fsp3) is 0.423. The predicted octanol–water partition coefficient (Wildman–Crippen LogP) is 3.13. The van der Waals surface area contributed by atoms with Crippen molar-refractivity contribution in [3.8, 4) is 17.1 Å². The molecule has 0 bridgehead atoms. The molecule has 1 unspecified atom stereocenters. The van der Waals surface area contributed by atoms with Crippen LogP contribution in [0.4, 0.5) is 0 Å². The van der Waals surface area contributed by atoms with Crippen molar-refractivity contribution in [3.05, 3.63) is 59.7 Å². The van der Waals surface area contributed by atoms with Crippen LogP contribution in [0.3, 0.4) is 0 Å². The van der Waals surface area contributed by atoms with Gasteiger partial charge in [0.05, 0.1) is 7.11 Å². The minimum absolute atomic E-state index is 0.115. The first kappa shape index (κ1) is 24.4. The number of amides is 2. The highest BCUT2D eigenvalue weighted by molar-refractivity contribution is 5.87. The summed E-state index contributed by atoms with van der Waals surface area (Å²) >= 11 is 0. The molecule has 2 amide bonds. The summed E-state index contributed by atoms with van der Waals surface area (Å²) in [5.74, 6) is 0.772. The molecule has 0 spiro atoms. The van der Waals surface area contributed by atoms with Gasteiger partial charge in [-0.3, -0.25) is 9.59 Å². The van der Waals surface area contributed by atoms with E-state index in [1.165, 1.54) is 4.80 Å². The molecule has 1 N–H and O–H groups in total. The average Bonchev–Trinajstić information content (AvgIpc) is 3.55. The Bertz CT molecular complexity index is 1140. The molecule has 1 aromatic heterocycles. The molecule has 3 aromatic rings. The number of nitrogens with one attached hydrogen (secondary N) is 1. The van der Waals surface area contributed by atoms with Crippen molar-refractivity contribution < 1.29 is 14.3 Å². The highest BCUT2D eigenvalue weighted by atomic mass is 16.5. The van der Waals surface area contributed by atoms with E-state index < -0.39 is 6.04 Å². The molecular formula is C26H32N6O3. The van der Waals surface area contributed by atoms with Crippen LogP contribution in [-0.2, 0) is 22.7 Å². The molecule has 35 heavy (non-hydrogen) atoms. The Morgan fingerprint density at radius 3 is 2.46 bits per heavy atom. The number of rotatable bonds is 9. The van der Waals surface area contributed by atoms with Gasteiger partial charge >= 0.3 is 0 Å². The molecule has 1 saturated carbocycles. The monoisotopic (exact) mass is 476 g/mol. The lowest BCUT2D eigenvalue weighted by Gasteiger charge is -2.29. The number of ether oxygens (including phenoxy) is 1. The Labute approximate surface area is 205 Å². The van der Waals surface area contributed by atoms with E-state index in [1.807, 2.05) is 55.5 Å². The highest BCUT2D eigenvalue weighted by Crippen LogP contribution is 2.19. The summed E-state index contributed by atoms with van der Waals surface area (Å²) in [6, 6.07) is 14.8. The van der Waals surface area contributed by atoms with E-state index in [1.54, 1.807) is 18.9 Å². The van der Waals surface area contributed by atoms with E-state index in [0.29, 0.717) is 5.82 Å². The highest BCUT2D eigenvalue weighted by Gasteiger charge is 2.29. The summed E-state index contributed by atoms with van der Waals surface area (Å²) in [5.41, 5.74) is 2.86. The van der Waals surface area contributed by atoms with Gasteiger partial charge in [0.15, 0.2) is 0 Å². The van der Waals surface area contributed by atoms with E-state index in [9.17, 15) is 9.59 Å². The van der Waals surface area contributed by atoms with Crippen LogP contribution in [0.2, 0.25) is 0 Å². The van der Waals surface area contributed by atoms with E-state index >= 15 is 0 Å². The van der Waals surface area contributed by atoms with E-state index in [2.05, 4.69) is 20.7 Å². The second-order valence-corrected chi connectivity index (χ2v) is 9.05. The first-order valence-corrected chi connectivity index (χ1v) is 12.0. The third-order valence-electron chi connectivity index (χ3n) is 6.42. The van der Waals surface area contributed by atoms with Crippen molar-refractivity contribution in [2.75, 3.05) is 7.11 Å². The third kappa shape index (κ3) is 6.23. The number of benzene rings is 2. The van der Waals surface area contributed by atoms with Crippen molar-refractivity contribution in [1.82, 2.24) is 30.4 Å². The Morgan fingerprint density at radius 2 is 1.80 bits per heavy atom. The lowest BCUT2D eigenvalue weighted by Crippen LogP contribution is -2.50. The van der Waals surface area contributed by atoms with E-state index in [0.717, 1.165) is 48.1 Å². The summed E-state index contributed by atoms with van der Waals surface area (Å²) in [6.07, 6.45) is 4.20. The molecule has 1 heterocycles. The number of nitrogens with zero attached hydrogens (tertiary/aromatic N) is 5. The van der Waals surface area contributed by atoms with Gasteiger partial charge in [0.1, 0.15) is 18.3 Å². The van der Waals surface area contributed by atoms with Gasteiger partial charge in [0.2, 0.25) is 17.6 Å². The number of carbonyl (C=O) groups excluding carboxylic acids is 2. The van der Waals surface area contributed by atoms with Gasteiger partial charge in [-0.15, -0.1) is 10.2 Å². The molecule has 1 aliphatic rings. The van der Waals surface area contributed by atoms with Crippen LogP contribution in [0.5, 0.6) is 5.75 Å². The number of aryl methyl sites for hydroxylation is 1. The van der Waals surface area contributed by atoms with Gasteiger partial charge in [0.25, 0.3) is 0 Å². The Balaban J connectivity index is 1.50. The van der Waals surface area contributed by atoms with Crippen molar-refractivity contribution in [1.29, 1.82) is 0 Å². The maximum Gasteiger partial charge on any atom is 0.247 e. The van der Waals surface area contributed by atoms with Crippen LogP contribution < -0.4 is 10.1 Å². The minimum atomic E-state index is -0.648. The summed E-state index contributed by atoms with van der Waals surface area (Å²) in [5, 5.41) is 15.7. The number of tetrazole rings is 1. The molecule has 9 nitrogen and oxygen atoms in total. The third-order valence-corrected chi connectivity index (χ3v) is 6.42. The number of aromatic nitrogens is 4. The fourth-order valence-electron chi connectivity index (χ4n) is 4.24. The minimum Gasteiger partial charge on any atom is -0.497 e. The van der Waals surface area contributed by atoms with Crippen LogP contribution in [0.1, 0.15) is 43.7 Å². The largest absolute Gasteiger partial charge is 0.497 e. The molecule has 9 heteroatoms. The molecule has 1 fully saturated rings. The van der Waals surface area contributed by atoms with Crippen LogP contribution >= 0.6 is 0 Å². The first-order chi connectivity index (χ1) is 16.9. The van der Waals surface area contributed by atoms with Crippen molar-refractivity contribution in [3.63, 3.8) is 0 Å².